The average molecular weight is 292 g/mol. The minimum absolute atomic E-state index is 0.106. The summed E-state index contributed by atoms with van der Waals surface area (Å²) in [5, 5.41) is 9.39. The summed E-state index contributed by atoms with van der Waals surface area (Å²) in [6, 6.07) is 0.627. The van der Waals surface area contributed by atoms with Crippen LogP contribution in [-0.4, -0.2) is 50.7 Å². The van der Waals surface area contributed by atoms with E-state index in [2.05, 4.69) is 28.3 Å². The predicted octanol–water partition coefficient (Wildman–Crippen LogP) is 1.05. The number of fused-ring (bicyclic) bond motifs is 1. The molecule has 3 N–H and O–H groups in total. The van der Waals surface area contributed by atoms with E-state index < -0.39 is 5.97 Å². The maximum absolute atomic E-state index is 11.4. The zero-order valence-electron chi connectivity index (χ0n) is 12.7. The standard InChI is InChI=1S/C15H24N4O2/c1-9(2)18-6-5-10(7-18)14-17-13(15(20)21)12-4-3-11(16)8-19(12)14/h9-11H,3-8,16H2,1-2H3,(H,20,21). The molecule has 2 aliphatic heterocycles. The zero-order chi connectivity index (χ0) is 15.1. The summed E-state index contributed by atoms with van der Waals surface area (Å²) in [7, 11) is 0. The van der Waals surface area contributed by atoms with Gasteiger partial charge in [-0.3, -0.25) is 0 Å². The van der Waals surface area contributed by atoms with E-state index >= 15 is 0 Å². The highest BCUT2D eigenvalue weighted by molar-refractivity contribution is 5.87. The normalized spacial score (nSPS) is 26.3. The van der Waals surface area contributed by atoms with Gasteiger partial charge in [0, 0.05) is 31.1 Å². The minimum Gasteiger partial charge on any atom is -0.476 e. The second-order valence-electron chi connectivity index (χ2n) is 6.55. The first-order valence-corrected chi connectivity index (χ1v) is 7.79. The van der Waals surface area contributed by atoms with Crippen LogP contribution in [0.5, 0.6) is 0 Å². The number of aromatic nitrogens is 2. The molecule has 6 nitrogen and oxygen atoms in total. The van der Waals surface area contributed by atoms with Crippen LogP contribution in [0.3, 0.4) is 0 Å². The maximum Gasteiger partial charge on any atom is 0.356 e. The fourth-order valence-electron chi connectivity index (χ4n) is 3.56. The Labute approximate surface area is 124 Å². The molecule has 0 bridgehead atoms. The maximum atomic E-state index is 11.4. The summed E-state index contributed by atoms with van der Waals surface area (Å²) >= 11 is 0. The molecule has 1 fully saturated rings. The second kappa shape index (κ2) is 5.42. The lowest BCUT2D eigenvalue weighted by molar-refractivity contribution is 0.0689. The van der Waals surface area contributed by atoms with Crippen molar-refractivity contribution in [2.45, 2.75) is 57.7 Å². The molecule has 3 rings (SSSR count). The molecule has 2 unspecified atom stereocenters. The van der Waals surface area contributed by atoms with E-state index in [4.69, 9.17) is 5.73 Å². The Bertz CT molecular complexity index is 552. The van der Waals surface area contributed by atoms with Crippen molar-refractivity contribution in [1.29, 1.82) is 0 Å². The third-order valence-corrected chi connectivity index (χ3v) is 4.79. The van der Waals surface area contributed by atoms with E-state index in [1.165, 1.54) is 0 Å². The molecule has 1 aromatic heterocycles. The Morgan fingerprint density at radius 1 is 1.38 bits per heavy atom. The Kier molecular flexibility index (Phi) is 3.75. The molecule has 2 atom stereocenters. The number of imidazole rings is 1. The van der Waals surface area contributed by atoms with Gasteiger partial charge in [0.05, 0.1) is 5.69 Å². The number of nitrogens with zero attached hydrogens (tertiary/aromatic N) is 3. The number of carboxylic acids is 1. The fourth-order valence-corrected chi connectivity index (χ4v) is 3.56. The third-order valence-electron chi connectivity index (χ3n) is 4.79. The second-order valence-corrected chi connectivity index (χ2v) is 6.55. The summed E-state index contributed by atoms with van der Waals surface area (Å²) < 4.78 is 2.09. The van der Waals surface area contributed by atoms with Crippen molar-refractivity contribution in [3.8, 4) is 0 Å². The summed E-state index contributed by atoms with van der Waals surface area (Å²) in [5.41, 5.74) is 7.17. The third kappa shape index (κ3) is 2.58. The van der Waals surface area contributed by atoms with Gasteiger partial charge in [-0.2, -0.15) is 0 Å². The minimum atomic E-state index is -0.917. The number of hydrogen-bond donors (Lipinski definition) is 2. The summed E-state index contributed by atoms with van der Waals surface area (Å²) in [6.07, 6.45) is 2.60. The molecule has 0 radical (unpaired) electrons. The number of carboxylic acid groups (broad SMARTS) is 1. The molecule has 0 aromatic carbocycles. The van der Waals surface area contributed by atoms with Crippen LogP contribution in [0.2, 0.25) is 0 Å². The van der Waals surface area contributed by atoms with Crippen molar-refractivity contribution in [2.24, 2.45) is 5.73 Å². The molecule has 0 spiro atoms. The number of carbonyl (C=O) groups is 1. The number of hydrogen-bond acceptors (Lipinski definition) is 4. The van der Waals surface area contributed by atoms with E-state index in [1.54, 1.807) is 0 Å². The van der Waals surface area contributed by atoms with Crippen molar-refractivity contribution in [3.63, 3.8) is 0 Å². The first kappa shape index (κ1) is 14.5. The van der Waals surface area contributed by atoms with Gasteiger partial charge in [-0.1, -0.05) is 0 Å². The van der Waals surface area contributed by atoms with Gasteiger partial charge < -0.3 is 20.3 Å². The van der Waals surface area contributed by atoms with Gasteiger partial charge in [0.2, 0.25) is 0 Å². The number of likely N-dealkylation sites (tertiary alicyclic amines) is 1. The lowest BCUT2D eigenvalue weighted by Gasteiger charge is -2.24. The van der Waals surface area contributed by atoms with Crippen LogP contribution in [-0.2, 0) is 13.0 Å². The van der Waals surface area contributed by atoms with Gasteiger partial charge in [0.15, 0.2) is 5.69 Å². The highest BCUT2D eigenvalue weighted by Gasteiger charge is 2.33. The Morgan fingerprint density at radius 3 is 2.76 bits per heavy atom. The van der Waals surface area contributed by atoms with E-state index in [-0.39, 0.29) is 11.7 Å². The van der Waals surface area contributed by atoms with Gasteiger partial charge in [-0.25, -0.2) is 9.78 Å². The van der Waals surface area contributed by atoms with Gasteiger partial charge in [0.1, 0.15) is 5.82 Å². The predicted molar refractivity (Wildman–Crippen MR) is 79.5 cm³/mol. The molecule has 3 heterocycles. The molecule has 2 aliphatic rings. The van der Waals surface area contributed by atoms with E-state index in [0.717, 1.165) is 43.9 Å². The number of rotatable bonds is 3. The van der Waals surface area contributed by atoms with Crippen molar-refractivity contribution < 1.29 is 9.90 Å². The summed E-state index contributed by atoms with van der Waals surface area (Å²) in [6.45, 7) is 7.11. The van der Waals surface area contributed by atoms with Crippen LogP contribution < -0.4 is 5.73 Å². The Balaban J connectivity index is 1.94. The van der Waals surface area contributed by atoms with Gasteiger partial charge >= 0.3 is 5.97 Å². The van der Waals surface area contributed by atoms with Crippen LogP contribution in [0, 0.1) is 0 Å². The van der Waals surface area contributed by atoms with Crippen LogP contribution in [0.15, 0.2) is 0 Å². The molecule has 21 heavy (non-hydrogen) atoms. The molecule has 0 amide bonds. The molecule has 116 valence electrons. The first-order chi connectivity index (χ1) is 9.97. The SMILES string of the molecule is CC(C)N1CCC(c2nc(C(=O)O)c3n2CC(N)CC3)C1. The fraction of sp³-hybridized carbons (Fsp3) is 0.733. The van der Waals surface area contributed by atoms with Crippen LogP contribution in [0.25, 0.3) is 0 Å². The van der Waals surface area contributed by atoms with Crippen molar-refractivity contribution >= 4 is 5.97 Å². The monoisotopic (exact) mass is 292 g/mol. The first-order valence-electron chi connectivity index (χ1n) is 7.79. The van der Waals surface area contributed by atoms with Crippen molar-refractivity contribution in [3.05, 3.63) is 17.2 Å². The van der Waals surface area contributed by atoms with Gasteiger partial charge in [0.25, 0.3) is 0 Å². The van der Waals surface area contributed by atoms with E-state index in [9.17, 15) is 9.90 Å². The Morgan fingerprint density at radius 2 is 2.14 bits per heavy atom. The molecule has 1 aromatic rings. The van der Waals surface area contributed by atoms with Gasteiger partial charge in [-0.05, 0) is 39.7 Å². The smallest absolute Gasteiger partial charge is 0.356 e. The van der Waals surface area contributed by atoms with E-state index in [1.807, 2.05) is 0 Å². The van der Waals surface area contributed by atoms with Crippen LogP contribution >= 0.6 is 0 Å². The van der Waals surface area contributed by atoms with Crippen LogP contribution in [0.4, 0.5) is 0 Å². The van der Waals surface area contributed by atoms with Crippen LogP contribution in [0.1, 0.15) is 54.6 Å². The largest absolute Gasteiger partial charge is 0.476 e. The highest BCUT2D eigenvalue weighted by Crippen LogP contribution is 2.31. The molecule has 1 saturated heterocycles. The van der Waals surface area contributed by atoms with Gasteiger partial charge in [-0.15, -0.1) is 0 Å². The molecule has 0 aliphatic carbocycles. The summed E-state index contributed by atoms with van der Waals surface area (Å²) in [5.74, 6) is 0.337. The van der Waals surface area contributed by atoms with E-state index in [0.29, 0.717) is 18.5 Å². The topological polar surface area (TPSA) is 84.4 Å². The highest BCUT2D eigenvalue weighted by atomic mass is 16.4. The molecular weight excluding hydrogens is 268 g/mol. The quantitative estimate of drug-likeness (QED) is 0.870. The lowest BCUT2D eigenvalue weighted by atomic mass is 10.0. The molecule has 6 heteroatoms. The zero-order valence-corrected chi connectivity index (χ0v) is 12.7. The molecular formula is C15H24N4O2. The van der Waals surface area contributed by atoms with Crippen molar-refractivity contribution in [2.75, 3.05) is 13.1 Å². The summed E-state index contributed by atoms with van der Waals surface area (Å²) in [4.78, 5) is 18.3. The average Bonchev–Trinajstić information content (AvgIpc) is 3.01. The lowest BCUT2D eigenvalue weighted by Crippen LogP contribution is -2.33. The molecule has 0 saturated carbocycles. The number of nitrogens with two attached hydrogens (primary N) is 1. The van der Waals surface area contributed by atoms with Crippen molar-refractivity contribution in [1.82, 2.24) is 14.5 Å². The Hall–Kier alpha value is -1.40. The number of aromatic carboxylic acids is 1.